The number of aromatic nitrogens is 2. The van der Waals surface area contributed by atoms with Crippen LogP contribution in [0.1, 0.15) is 17.5 Å². The van der Waals surface area contributed by atoms with Gasteiger partial charge in [0.25, 0.3) is 10.6 Å². The number of benzene rings is 2. The fourth-order valence-electron chi connectivity index (χ4n) is 3.92. The first-order valence-corrected chi connectivity index (χ1v) is 11.6. The molecule has 0 fully saturated rings. The van der Waals surface area contributed by atoms with Gasteiger partial charge in [0.1, 0.15) is 20.9 Å². The number of thiazole rings is 2. The molecule has 6 heteroatoms. The predicted octanol–water partition coefficient (Wildman–Crippen LogP) is 3.07. The number of likely N-dealkylation sites (N-methyl/N-ethyl adjacent to an activating group) is 1. The molecule has 0 radical (unpaired) electrons. The average molecular weight is 433 g/mol. The van der Waals surface area contributed by atoms with E-state index in [0.717, 1.165) is 25.6 Å². The Hall–Kier alpha value is -2.96. The first-order valence-electron chi connectivity index (χ1n) is 9.92. The average Bonchev–Trinajstić information content (AvgIpc) is 3.25. The standard InChI is InChI=1S/C24H22N3OS2/c1-4-27-22(15-21-26(3)18-11-7-8-12-20(18)29-21)30-23(24(27)28)19-14-13-16-9-5-6-10-17(16)25(19)2/h5-15H,4H2,1-3H3/q+1/b23-19-. The number of hydrogen-bond acceptors (Lipinski definition) is 4. The highest BCUT2D eigenvalue weighted by atomic mass is 32.1. The SMILES string of the molecule is CCn1c(=O)/c(=C2\C=Cc3ccccc3N2C)s/c1=C\c1sc2ccccc2[n+]1C. The van der Waals surface area contributed by atoms with E-state index in [2.05, 4.69) is 71.1 Å². The second-order valence-electron chi connectivity index (χ2n) is 7.27. The molecule has 0 saturated heterocycles. The molecular weight excluding hydrogens is 410 g/mol. The Labute approximate surface area is 182 Å². The zero-order valence-corrected chi connectivity index (χ0v) is 18.8. The van der Waals surface area contributed by atoms with Crippen molar-refractivity contribution in [2.45, 2.75) is 13.5 Å². The number of para-hydroxylation sites is 2. The van der Waals surface area contributed by atoms with Crippen LogP contribution in [0.4, 0.5) is 5.69 Å². The zero-order valence-electron chi connectivity index (χ0n) is 17.1. The lowest BCUT2D eigenvalue weighted by Crippen LogP contribution is -2.35. The molecule has 1 aliphatic rings. The molecule has 0 aliphatic carbocycles. The summed E-state index contributed by atoms with van der Waals surface area (Å²) in [5, 5.41) is 1.13. The van der Waals surface area contributed by atoms with Gasteiger partial charge in [-0.05, 0) is 30.7 Å². The molecule has 5 rings (SSSR count). The summed E-state index contributed by atoms with van der Waals surface area (Å²) < 4.78 is 7.07. The Morgan fingerprint density at radius 2 is 1.80 bits per heavy atom. The third kappa shape index (κ3) is 2.95. The highest BCUT2D eigenvalue weighted by Crippen LogP contribution is 2.29. The van der Waals surface area contributed by atoms with Crippen LogP contribution in [0.15, 0.2) is 59.4 Å². The van der Waals surface area contributed by atoms with Crippen LogP contribution in [0.5, 0.6) is 0 Å². The number of aryl methyl sites for hydroxylation is 1. The van der Waals surface area contributed by atoms with Gasteiger partial charge in [0, 0.05) is 25.3 Å². The molecule has 0 amide bonds. The predicted molar refractivity (Wildman–Crippen MR) is 127 cm³/mol. The minimum Gasteiger partial charge on any atom is -0.343 e. The smallest absolute Gasteiger partial charge is 0.271 e. The van der Waals surface area contributed by atoms with Gasteiger partial charge >= 0.3 is 0 Å². The van der Waals surface area contributed by atoms with Crippen molar-refractivity contribution in [2.24, 2.45) is 7.05 Å². The van der Waals surface area contributed by atoms with Gasteiger partial charge in [-0.3, -0.25) is 9.36 Å². The van der Waals surface area contributed by atoms with E-state index >= 15 is 0 Å². The van der Waals surface area contributed by atoms with E-state index in [9.17, 15) is 4.79 Å². The van der Waals surface area contributed by atoms with Crippen LogP contribution in [0.2, 0.25) is 0 Å². The first-order chi connectivity index (χ1) is 14.6. The van der Waals surface area contributed by atoms with E-state index in [0.29, 0.717) is 6.54 Å². The number of rotatable bonds is 2. The van der Waals surface area contributed by atoms with E-state index in [1.54, 1.807) is 22.7 Å². The minimum atomic E-state index is 0.0726. The van der Waals surface area contributed by atoms with Crippen molar-refractivity contribution in [3.63, 3.8) is 0 Å². The van der Waals surface area contributed by atoms with Crippen molar-refractivity contribution in [3.05, 3.63) is 84.7 Å². The molecule has 3 heterocycles. The quantitative estimate of drug-likeness (QED) is 0.456. The maximum Gasteiger partial charge on any atom is 0.271 e. The molecule has 0 atom stereocenters. The van der Waals surface area contributed by atoms with Gasteiger partial charge in [0.2, 0.25) is 5.52 Å². The van der Waals surface area contributed by atoms with Crippen LogP contribution in [-0.4, -0.2) is 11.6 Å². The van der Waals surface area contributed by atoms with Crippen LogP contribution < -0.4 is 24.2 Å². The third-order valence-electron chi connectivity index (χ3n) is 5.56. The van der Waals surface area contributed by atoms with Crippen molar-refractivity contribution in [3.8, 4) is 0 Å². The summed E-state index contributed by atoms with van der Waals surface area (Å²) in [6.45, 7) is 2.67. The maximum absolute atomic E-state index is 13.3. The van der Waals surface area contributed by atoms with Crippen molar-refractivity contribution in [2.75, 3.05) is 11.9 Å². The topological polar surface area (TPSA) is 29.1 Å². The first kappa shape index (κ1) is 19.0. The lowest BCUT2D eigenvalue weighted by molar-refractivity contribution is -0.642. The number of nitrogens with zero attached hydrogens (tertiary/aromatic N) is 3. The molecule has 0 saturated carbocycles. The Bertz CT molecular complexity index is 1490. The van der Waals surface area contributed by atoms with Crippen LogP contribution in [0, 0.1) is 0 Å². The second-order valence-corrected chi connectivity index (χ2v) is 9.36. The third-order valence-corrected chi connectivity index (χ3v) is 7.86. The number of hydrogen-bond donors (Lipinski definition) is 0. The van der Waals surface area contributed by atoms with Crippen molar-refractivity contribution in [1.82, 2.24) is 4.57 Å². The van der Waals surface area contributed by atoms with Crippen molar-refractivity contribution in [1.29, 1.82) is 0 Å². The van der Waals surface area contributed by atoms with E-state index in [1.165, 1.54) is 15.8 Å². The number of fused-ring (bicyclic) bond motifs is 2. The molecule has 1 aliphatic heterocycles. The molecule has 0 bridgehead atoms. The fourth-order valence-corrected chi connectivity index (χ4v) is 6.29. The summed E-state index contributed by atoms with van der Waals surface area (Å²) in [5.41, 5.74) is 4.51. The van der Waals surface area contributed by atoms with Crippen molar-refractivity contribution < 1.29 is 4.57 Å². The Morgan fingerprint density at radius 1 is 1.03 bits per heavy atom. The van der Waals surface area contributed by atoms with Crippen LogP contribution >= 0.6 is 22.7 Å². The van der Waals surface area contributed by atoms with Crippen molar-refractivity contribution >= 4 is 56.4 Å². The molecular formula is C24H22N3OS2+. The Kier molecular flexibility index (Phi) is 4.68. The van der Waals surface area contributed by atoms with Gasteiger partial charge in [0.15, 0.2) is 0 Å². The summed E-state index contributed by atoms with van der Waals surface area (Å²) in [4.78, 5) is 15.4. The molecule has 150 valence electrons. The molecule has 0 unspecified atom stereocenters. The summed E-state index contributed by atoms with van der Waals surface area (Å²) in [6.07, 6.45) is 6.29. The summed E-state index contributed by atoms with van der Waals surface area (Å²) >= 11 is 3.31. The van der Waals surface area contributed by atoms with Crippen LogP contribution in [0.3, 0.4) is 0 Å². The van der Waals surface area contributed by atoms with Crippen LogP contribution in [-0.2, 0) is 13.6 Å². The monoisotopic (exact) mass is 432 g/mol. The van der Waals surface area contributed by atoms with Gasteiger partial charge < -0.3 is 4.90 Å². The van der Waals surface area contributed by atoms with Gasteiger partial charge in [-0.25, -0.2) is 0 Å². The molecule has 2 aromatic heterocycles. The molecule has 0 N–H and O–H groups in total. The molecule has 4 aromatic rings. The van der Waals surface area contributed by atoms with Gasteiger partial charge in [0.05, 0.1) is 11.8 Å². The molecule has 2 aromatic carbocycles. The van der Waals surface area contributed by atoms with Gasteiger partial charge in [-0.2, -0.15) is 4.57 Å². The highest BCUT2D eigenvalue weighted by Gasteiger charge is 2.18. The lowest BCUT2D eigenvalue weighted by atomic mass is 10.1. The summed E-state index contributed by atoms with van der Waals surface area (Å²) in [6, 6.07) is 16.6. The van der Waals surface area contributed by atoms with E-state index in [-0.39, 0.29) is 5.56 Å². The normalized spacial score (nSPS) is 15.8. The summed E-state index contributed by atoms with van der Waals surface area (Å²) in [7, 11) is 4.11. The van der Waals surface area contributed by atoms with E-state index in [1.807, 2.05) is 30.7 Å². The minimum absolute atomic E-state index is 0.0726. The fraction of sp³-hybridized carbons (Fsp3) is 0.167. The molecule has 30 heavy (non-hydrogen) atoms. The van der Waals surface area contributed by atoms with E-state index < -0.39 is 0 Å². The lowest BCUT2D eigenvalue weighted by Gasteiger charge is -2.25. The number of anilines is 1. The highest BCUT2D eigenvalue weighted by molar-refractivity contribution is 7.19. The Morgan fingerprint density at radius 3 is 2.60 bits per heavy atom. The molecule has 0 spiro atoms. The zero-order chi connectivity index (χ0) is 20.8. The second kappa shape index (κ2) is 7.38. The molecule has 4 nitrogen and oxygen atoms in total. The maximum atomic E-state index is 13.3. The summed E-state index contributed by atoms with van der Waals surface area (Å²) in [5.74, 6) is 0. The van der Waals surface area contributed by atoms with Gasteiger partial charge in [-0.1, -0.05) is 47.7 Å². The Balaban J connectivity index is 1.75. The largest absolute Gasteiger partial charge is 0.343 e. The van der Waals surface area contributed by atoms with E-state index in [4.69, 9.17) is 0 Å². The van der Waals surface area contributed by atoms with Crippen LogP contribution in [0.25, 0.3) is 28.1 Å². The van der Waals surface area contributed by atoms with Gasteiger partial charge in [-0.15, -0.1) is 11.3 Å².